The first-order chi connectivity index (χ1) is 8.74. The van der Waals surface area contributed by atoms with E-state index in [2.05, 4.69) is 24.0 Å². The van der Waals surface area contributed by atoms with E-state index in [4.69, 9.17) is 5.73 Å². The van der Waals surface area contributed by atoms with E-state index >= 15 is 0 Å². The summed E-state index contributed by atoms with van der Waals surface area (Å²) in [4.78, 5) is 6.84. The second kappa shape index (κ2) is 4.31. The van der Waals surface area contributed by atoms with E-state index in [-0.39, 0.29) is 0 Å². The SMILES string of the molecule is Cc1ccc(-c2cn(-c3ccccc3)c(N)n2)s1. The minimum absolute atomic E-state index is 0.516. The molecule has 90 valence electrons. The maximum Gasteiger partial charge on any atom is 0.205 e. The van der Waals surface area contributed by atoms with Crippen molar-refractivity contribution >= 4 is 17.3 Å². The van der Waals surface area contributed by atoms with E-state index in [0.29, 0.717) is 5.95 Å². The molecule has 2 aromatic heterocycles. The van der Waals surface area contributed by atoms with Crippen molar-refractivity contribution in [2.45, 2.75) is 6.92 Å². The lowest BCUT2D eigenvalue weighted by Gasteiger charge is -2.02. The Labute approximate surface area is 110 Å². The van der Waals surface area contributed by atoms with Gasteiger partial charge in [0.15, 0.2) is 0 Å². The number of benzene rings is 1. The van der Waals surface area contributed by atoms with Crippen LogP contribution in [-0.2, 0) is 0 Å². The maximum absolute atomic E-state index is 5.97. The Morgan fingerprint density at radius 3 is 2.56 bits per heavy atom. The van der Waals surface area contributed by atoms with Gasteiger partial charge in [0, 0.05) is 16.8 Å². The van der Waals surface area contributed by atoms with Gasteiger partial charge in [-0.1, -0.05) is 18.2 Å². The summed E-state index contributed by atoms with van der Waals surface area (Å²) in [5.41, 5.74) is 7.93. The number of aryl methyl sites for hydroxylation is 1. The third-order valence-corrected chi connectivity index (χ3v) is 3.78. The molecule has 0 saturated carbocycles. The Hall–Kier alpha value is -2.07. The molecule has 2 N–H and O–H groups in total. The van der Waals surface area contributed by atoms with Gasteiger partial charge in [-0.05, 0) is 31.2 Å². The topological polar surface area (TPSA) is 43.8 Å². The molecular weight excluding hydrogens is 242 g/mol. The number of imidazole rings is 1. The average molecular weight is 255 g/mol. The lowest BCUT2D eigenvalue weighted by molar-refractivity contribution is 1.07. The summed E-state index contributed by atoms with van der Waals surface area (Å²) < 4.78 is 1.91. The van der Waals surface area contributed by atoms with Gasteiger partial charge in [-0.25, -0.2) is 4.98 Å². The molecule has 0 spiro atoms. The summed E-state index contributed by atoms with van der Waals surface area (Å²) >= 11 is 1.73. The normalized spacial score (nSPS) is 10.7. The summed E-state index contributed by atoms with van der Waals surface area (Å²) in [5.74, 6) is 0.516. The number of aromatic nitrogens is 2. The maximum atomic E-state index is 5.97. The van der Waals surface area contributed by atoms with E-state index in [1.165, 1.54) is 4.88 Å². The Balaban J connectivity index is 2.06. The molecule has 0 radical (unpaired) electrons. The molecule has 3 aromatic rings. The Morgan fingerprint density at radius 1 is 1.11 bits per heavy atom. The first kappa shape index (κ1) is 11.0. The molecule has 0 aliphatic heterocycles. The van der Waals surface area contributed by atoms with Gasteiger partial charge >= 0.3 is 0 Å². The molecule has 3 nitrogen and oxygen atoms in total. The van der Waals surface area contributed by atoms with Crippen molar-refractivity contribution in [1.82, 2.24) is 9.55 Å². The number of thiophene rings is 1. The highest BCUT2D eigenvalue weighted by molar-refractivity contribution is 7.15. The summed E-state index contributed by atoms with van der Waals surface area (Å²) in [6.07, 6.45) is 1.98. The molecule has 0 saturated heterocycles. The molecule has 0 atom stereocenters. The highest BCUT2D eigenvalue weighted by atomic mass is 32.1. The lowest BCUT2D eigenvalue weighted by Crippen LogP contribution is -1.98. The molecule has 3 rings (SSSR count). The van der Waals surface area contributed by atoms with Crippen LogP contribution in [0.1, 0.15) is 4.88 Å². The number of anilines is 1. The molecule has 18 heavy (non-hydrogen) atoms. The molecule has 0 aliphatic carbocycles. The molecule has 0 aliphatic rings. The second-order valence-corrected chi connectivity index (χ2v) is 5.39. The van der Waals surface area contributed by atoms with Crippen LogP contribution in [-0.4, -0.2) is 9.55 Å². The number of para-hydroxylation sites is 1. The van der Waals surface area contributed by atoms with Gasteiger partial charge in [0.25, 0.3) is 0 Å². The Morgan fingerprint density at radius 2 is 1.89 bits per heavy atom. The van der Waals surface area contributed by atoms with Crippen molar-refractivity contribution in [2.75, 3.05) is 5.73 Å². The first-order valence-electron chi connectivity index (χ1n) is 5.71. The fraction of sp³-hybridized carbons (Fsp3) is 0.0714. The zero-order valence-corrected chi connectivity index (χ0v) is 10.8. The standard InChI is InChI=1S/C14H13N3S/c1-10-7-8-13(18-10)12-9-17(14(15)16-12)11-5-3-2-4-6-11/h2-9H,1H3,(H2,15,16). The molecular formula is C14H13N3S. The van der Waals surface area contributed by atoms with Crippen LogP contribution >= 0.6 is 11.3 Å². The Kier molecular flexibility index (Phi) is 2.64. The van der Waals surface area contributed by atoms with Crippen LogP contribution in [0.2, 0.25) is 0 Å². The highest BCUT2D eigenvalue weighted by Gasteiger charge is 2.09. The summed E-state index contributed by atoms with van der Waals surface area (Å²) in [5, 5.41) is 0. The van der Waals surface area contributed by atoms with Crippen LogP contribution in [0.4, 0.5) is 5.95 Å². The number of nitrogen functional groups attached to an aromatic ring is 1. The zero-order chi connectivity index (χ0) is 12.5. The number of hydrogen-bond acceptors (Lipinski definition) is 3. The molecule has 0 bridgehead atoms. The third kappa shape index (κ3) is 1.91. The number of rotatable bonds is 2. The van der Waals surface area contributed by atoms with Crippen LogP contribution in [0.3, 0.4) is 0 Å². The quantitative estimate of drug-likeness (QED) is 0.761. The molecule has 1 aromatic carbocycles. The van der Waals surface area contributed by atoms with E-state index in [0.717, 1.165) is 16.3 Å². The van der Waals surface area contributed by atoms with Crippen molar-refractivity contribution in [3.05, 3.63) is 53.5 Å². The first-order valence-corrected chi connectivity index (χ1v) is 6.53. The van der Waals surface area contributed by atoms with Gasteiger partial charge < -0.3 is 5.73 Å². The smallest absolute Gasteiger partial charge is 0.205 e. The fourth-order valence-electron chi connectivity index (χ4n) is 1.88. The number of nitrogens with two attached hydrogens (primary N) is 1. The van der Waals surface area contributed by atoms with Crippen molar-refractivity contribution < 1.29 is 0 Å². The van der Waals surface area contributed by atoms with Gasteiger partial charge in [0.2, 0.25) is 5.95 Å². The Bertz CT molecular complexity index is 667. The number of nitrogens with zero attached hydrogens (tertiary/aromatic N) is 2. The summed E-state index contributed by atoms with van der Waals surface area (Å²) in [7, 11) is 0. The van der Waals surface area contributed by atoms with E-state index in [1.54, 1.807) is 11.3 Å². The summed E-state index contributed by atoms with van der Waals surface area (Å²) in [6.45, 7) is 2.09. The largest absolute Gasteiger partial charge is 0.369 e. The van der Waals surface area contributed by atoms with Crippen molar-refractivity contribution in [3.63, 3.8) is 0 Å². The summed E-state index contributed by atoms with van der Waals surface area (Å²) in [6, 6.07) is 14.2. The molecule has 4 heteroatoms. The predicted octanol–water partition coefficient (Wildman–Crippen LogP) is 3.49. The monoisotopic (exact) mass is 255 g/mol. The minimum atomic E-state index is 0.516. The minimum Gasteiger partial charge on any atom is -0.369 e. The highest BCUT2D eigenvalue weighted by Crippen LogP contribution is 2.28. The van der Waals surface area contributed by atoms with Crippen LogP contribution < -0.4 is 5.73 Å². The van der Waals surface area contributed by atoms with Crippen molar-refractivity contribution in [1.29, 1.82) is 0 Å². The van der Waals surface area contributed by atoms with Crippen LogP contribution in [0, 0.1) is 6.92 Å². The van der Waals surface area contributed by atoms with Crippen molar-refractivity contribution in [2.24, 2.45) is 0 Å². The van der Waals surface area contributed by atoms with E-state index < -0.39 is 0 Å². The van der Waals surface area contributed by atoms with Gasteiger partial charge in [0.1, 0.15) is 5.69 Å². The molecule has 0 unspecified atom stereocenters. The van der Waals surface area contributed by atoms with Gasteiger partial charge in [0.05, 0.1) is 4.88 Å². The van der Waals surface area contributed by atoms with Crippen molar-refractivity contribution in [3.8, 4) is 16.3 Å². The fourth-order valence-corrected chi connectivity index (χ4v) is 2.70. The molecule has 2 heterocycles. The lowest BCUT2D eigenvalue weighted by atomic mass is 10.3. The van der Waals surface area contributed by atoms with E-state index in [9.17, 15) is 0 Å². The van der Waals surface area contributed by atoms with Gasteiger partial charge in [-0.2, -0.15) is 0 Å². The number of hydrogen-bond donors (Lipinski definition) is 1. The molecule has 0 fully saturated rings. The molecule has 0 amide bonds. The van der Waals surface area contributed by atoms with Gasteiger partial charge in [-0.15, -0.1) is 11.3 Å². The van der Waals surface area contributed by atoms with E-state index in [1.807, 2.05) is 41.1 Å². The third-order valence-electron chi connectivity index (χ3n) is 2.76. The zero-order valence-electron chi connectivity index (χ0n) is 10.00. The van der Waals surface area contributed by atoms with Gasteiger partial charge in [-0.3, -0.25) is 4.57 Å². The predicted molar refractivity (Wildman–Crippen MR) is 76.0 cm³/mol. The van der Waals surface area contributed by atoms with Crippen LogP contribution in [0.15, 0.2) is 48.7 Å². The van der Waals surface area contributed by atoms with Crippen LogP contribution in [0.5, 0.6) is 0 Å². The average Bonchev–Trinajstić information content (AvgIpc) is 2.97. The second-order valence-electron chi connectivity index (χ2n) is 4.10. The van der Waals surface area contributed by atoms with Crippen LogP contribution in [0.25, 0.3) is 16.3 Å².